The molecule has 2 N–H and O–H groups in total. The first kappa shape index (κ1) is 18.0. The fourth-order valence-corrected chi connectivity index (χ4v) is 3.60. The zero-order chi connectivity index (χ0) is 20.2. The number of nitro groups is 1. The third kappa shape index (κ3) is 2.61. The number of rotatable bonds is 3. The number of nitro benzene ring substituents is 1. The highest BCUT2D eigenvalue weighted by molar-refractivity contribution is 6.33. The van der Waals surface area contributed by atoms with E-state index in [1.54, 1.807) is 17.7 Å². The van der Waals surface area contributed by atoms with Crippen molar-refractivity contribution in [3.8, 4) is 0 Å². The van der Waals surface area contributed by atoms with Gasteiger partial charge in [0, 0.05) is 18.8 Å². The lowest BCUT2D eigenvalue weighted by Crippen LogP contribution is -2.11. The lowest BCUT2D eigenvalue weighted by atomic mass is 10.0. The fourth-order valence-electron chi connectivity index (χ4n) is 3.39. The van der Waals surface area contributed by atoms with Crippen molar-refractivity contribution in [3.63, 3.8) is 0 Å². The second kappa shape index (κ2) is 6.35. The molecule has 0 aliphatic carbocycles. The number of halogens is 1. The Hall–Kier alpha value is -3.39. The largest absolute Gasteiger partial charge is 0.326 e. The first-order valence-corrected chi connectivity index (χ1v) is 8.86. The molecule has 0 aliphatic rings. The summed E-state index contributed by atoms with van der Waals surface area (Å²) in [5, 5.41) is 15.9. The van der Waals surface area contributed by atoms with Gasteiger partial charge in [-0.3, -0.25) is 14.9 Å². The van der Waals surface area contributed by atoms with Gasteiger partial charge in [0.05, 0.1) is 26.4 Å². The van der Waals surface area contributed by atoms with Crippen molar-refractivity contribution in [2.45, 2.75) is 13.8 Å². The number of pyridine rings is 1. The van der Waals surface area contributed by atoms with Gasteiger partial charge in [-0.25, -0.2) is 4.98 Å². The van der Waals surface area contributed by atoms with E-state index in [1.165, 1.54) is 12.1 Å². The van der Waals surface area contributed by atoms with Crippen molar-refractivity contribution < 1.29 is 4.92 Å². The van der Waals surface area contributed by atoms with Crippen LogP contribution >= 0.6 is 11.6 Å². The van der Waals surface area contributed by atoms with Crippen molar-refractivity contribution in [2.75, 3.05) is 5.32 Å². The van der Waals surface area contributed by atoms with Crippen LogP contribution in [-0.4, -0.2) is 19.5 Å². The summed E-state index contributed by atoms with van der Waals surface area (Å²) in [6.07, 6.45) is 0. The van der Waals surface area contributed by atoms with Crippen LogP contribution in [0.3, 0.4) is 0 Å². The number of benzene rings is 2. The second-order valence-corrected chi connectivity index (χ2v) is 6.98. The lowest BCUT2D eigenvalue weighted by Gasteiger charge is -2.10. The van der Waals surface area contributed by atoms with Gasteiger partial charge in [0.1, 0.15) is 5.69 Å². The van der Waals surface area contributed by atoms with Crippen LogP contribution in [0.1, 0.15) is 11.3 Å². The normalized spacial score (nSPS) is 11.3. The van der Waals surface area contributed by atoms with Crippen LogP contribution in [0.5, 0.6) is 0 Å². The molecule has 0 unspecified atom stereocenters. The molecule has 0 saturated carbocycles. The van der Waals surface area contributed by atoms with Crippen LogP contribution in [0.4, 0.5) is 17.3 Å². The Morgan fingerprint density at radius 1 is 1.25 bits per heavy atom. The molecule has 0 bridgehead atoms. The molecule has 0 atom stereocenters. The van der Waals surface area contributed by atoms with Crippen LogP contribution in [-0.2, 0) is 7.05 Å². The first-order chi connectivity index (χ1) is 13.3. The molecule has 4 aromatic rings. The van der Waals surface area contributed by atoms with Gasteiger partial charge in [-0.1, -0.05) is 23.7 Å². The number of hydrogen-bond acceptors (Lipinski definition) is 5. The maximum Gasteiger partial charge on any atom is 0.294 e. The lowest BCUT2D eigenvalue weighted by molar-refractivity contribution is -0.383. The third-order valence-corrected chi connectivity index (χ3v) is 5.27. The Kier molecular flexibility index (Phi) is 4.08. The highest BCUT2D eigenvalue weighted by atomic mass is 35.5. The van der Waals surface area contributed by atoms with Crippen LogP contribution in [0.2, 0.25) is 5.02 Å². The van der Waals surface area contributed by atoms with E-state index in [0.29, 0.717) is 22.4 Å². The molecule has 4 rings (SSSR count). The van der Waals surface area contributed by atoms with Crippen LogP contribution in [0.15, 0.2) is 35.1 Å². The number of hydrogen-bond donors (Lipinski definition) is 2. The van der Waals surface area contributed by atoms with E-state index in [9.17, 15) is 14.9 Å². The molecular formula is C19H16ClN5O3. The van der Waals surface area contributed by atoms with Crippen LogP contribution < -0.4 is 10.9 Å². The zero-order valence-electron chi connectivity index (χ0n) is 15.3. The minimum absolute atomic E-state index is 0.151. The van der Waals surface area contributed by atoms with E-state index < -0.39 is 4.92 Å². The summed E-state index contributed by atoms with van der Waals surface area (Å²) >= 11 is 6.17. The molecule has 28 heavy (non-hydrogen) atoms. The number of nitrogens with one attached hydrogen (secondary N) is 2. The minimum atomic E-state index is -0.511. The molecule has 0 saturated heterocycles. The third-order valence-electron chi connectivity index (χ3n) is 4.96. The maximum atomic E-state index is 12.7. The van der Waals surface area contributed by atoms with Gasteiger partial charge in [0.15, 0.2) is 0 Å². The standard InChI is InChI=1S/C19H16ClN5O3/c1-9-10(2)21-18(26)15-11(9)7-8-13-17(15)24(3)19(22-13)23-16-12(20)5-4-6-14(16)25(27)28/h4-8H,1-3H3,(H,21,26)(H,22,23). The van der Waals surface area contributed by atoms with Crippen LogP contribution in [0, 0.1) is 24.0 Å². The van der Waals surface area contributed by atoms with Crippen molar-refractivity contribution in [2.24, 2.45) is 7.05 Å². The Morgan fingerprint density at radius 2 is 2.00 bits per heavy atom. The van der Waals surface area contributed by atoms with E-state index >= 15 is 0 Å². The van der Waals surface area contributed by atoms with Gasteiger partial charge >= 0.3 is 0 Å². The summed E-state index contributed by atoms with van der Waals surface area (Å²) in [4.78, 5) is 30.9. The number of aryl methyl sites for hydroxylation is 3. The molecule has 0 spiro atoms. The molecule has 2 heterocycles. The van der Waals surface area contributed by atoms with Gasteiger partial charge in [0.25, 0.3) is 11.2 Å². The number of aromatic amines is 1. The number of nitrogens with zero attached hydrogens (tertiary/aromatic N) is 3. The van der Waals surface area contributed by atoms with Crippen molar-refractivity contribution in [3.05, 3.63) is 67.1 Å². The molecule has 2 aromatic heterocycles. The maximum absolute atomic E-state index is 12.7. The summed E-state index contributed by atoms with van der Waals surface area (Å²) in [5.74, 6) is 0.344. The number of anilines is 2. The molecule has 0 aliphatic heterocycles. The van der Waals surface area contributed by atoms with Gasteiger partial charge in [-0.15, -0.1) is 0 Å². The predicted octanol–water partition coefficient (Wildman–Crippen LogP) is 4.34. The average Bonchev–Trinajstić information content (AvgIpc) is 2.96. The van der Waals surface area contributed by atoms with Crippen molar-refractivity contribution >= 4 is 50.7 Å². The summed E-state index contributed by atoms with van der Waals surface area (Å²) in [6.45, 7) is 3.80. The highest BCUT2D eigenvalue weighted by Crippen LogP contribution is 2.35. The topological polar surface area (TPSA) is 106 Å². The summed E-state index contributed by atoms with van der Waals surface area (Å²) < 4.78 is 1.70. The Morgan fingerprint density at radius 3 is 2.71 bits per heavy atom. The predicted molar refractivity (Wildman–Crippen MR) is 110 cm³/mol. The molecular weight excluding hydrogens is 382 g/mol. The Labute approximate surface area is 163 Å². The molecule has 0 fully saturated rings. The number of imidazole rings is 1. The van der Waals surface area contributed by atoms with E-state index in [1.807, 2.05) is 26.0 Å². The Balaban J connectivity index is 1.98. The molecule has 9 heteroatoms. The van der Waals surface area contributed by atoms with E-state index in [0.717, 1.165) is 16.6 Å². The minimum Gasteiger partial charge on any atom is -0.326 e. The average molecular weight is 398 g/mol. The van der Waals surface area contributed by atoms with Gasteiger partial charge in [-0.05, 0) is 36.9 Å². The number of aromatic nitrogens is 3. The van der Waals surface area contributed by atoms with E-state index in [2.05, 4.69) is 15.3 Å². The molecule has 8 nitrogen and oxygen atoms in total. The molecule has 142 valence electrons. The Bertz CT molecular complexity index is 1340. The summed E-state index contributed by atoms with van der Waals surface area (Å²) in [5.41, 5.74) is 2.81. The quantitative estimate of drug-likeness (QED) is 0.395. The van der Waals surface area contributed by atoms with Crippen LogP contribution in [0.25, 0.3) is 21.8 Å². The fraction of sp³-hybridized carbons (Fsp3) is 0.158. The molecule has 2 aromatic carbocycles. The number of fused-ring (bicyclic) bond motifs is 3. The molecule has 0 radical (unpaired) electrons. The van der Waals surface area contributed by atoms with Gasteiger partial charge < -0.3 is 14.9 Å². The summed E-state index contributed by atoms with van der Waals surface area (Å²) in [7, 11) is 1.74. The molecule has 0 amide bonds. The van der Waals surface area contributed by atoms with Gasteiger partial charge in [-0.2, -0.15) is 0 Å². The van der Waals surface area contributed by atoms with Crippen molar-refractivity contribution in [1.82, 2.24) is 14.5 Å². The van der Waals surface area contributed by atoms with E-state index in [4.69, 9.17) is 11.6 Å². The monoisotopic (exact) mass is 397 g/mol. The second-order valence-electron chi connectivity index (χ2n) is 6.57. The zero-order valence-corrected chi connectivity index (χ0v) is 16.1. The van der Waals surface area contributed by atoms with E-state index in [-0.39, 0.29) is 22.0 Å². The van der Waals surface area contributed by atoms with Crippen molar-refractivity contribution in [1.29, 1.82) is 0 Å². The van der Waals surface area contributed by atoms with Gasteiger partial charge in [0.2, 0.25) is 5.95 Å². The SMILES string of the molecule is Cc1[nH]c(=O)c2c(ccc3nc(Nc4c(Cl)cccc4[N+](=O)[O-])n(C)c32)c1C. The smallest absolute Gasteiger partial charge is 0.294 e. The number of para-hydroxylation sites is 1. The first-order valence-electron chi connectivity index (χ1n) is 8.48. The number of H-pyrrole nitrogens is 1. The highest BCUT2D eigenvalue weighted by Gasteiger charge is 2.20. The summed E-state index contributed by atoms with van der Waals surface area (Å²) in [6, 6.07) is 8.13.